The quantitative estimate of drug-likeness (QED) is 0.746. The summed E-state index contributed by atoms with van der Waals surface area (Å²) in [6, 6.07) is 8.40. The number of rotatable bonds is 6. The van der Waals surface area contributed by atoms with Crippen molar-refractivity contribution in [3.05, 3.63) is 47.8 Å². The summed E-state index contributed by atoms with van der Waals surface area (Å²) in [4.78, 5) is 4.63. The second-order valence-electron chi connectivity index (χ2n) is 4.94. The van der Waals surface area contributed by atoms with E-state index in [4.69, 9.17) is 0 Å². The number of hydrogen-bond donors (Lipinski definition) is 0. The van der Waals surface area contributed by atoms with E-state index in [1.165, 1.54) is 5.56 Å². The lowest BCUT2D eigenvalue weighted by Gasteiger charge is -2.08. The van der Waals surface area contributed by atoms with Gasteiger partial charge in [-0.25, -0.2) is 9.67 Å². The molecule has 106 valence electrons. The Kier molecular flexibility index (Phi) is 5.01. The van der Waals surface area contributed by atoms with Crippen molar-refractivity contribution in [3.8, 4) is 0 Å². The minimum atomic E-state index is 0.376. The van der Waals surface area contributed by atoms with Crippen molar-refractivity contribution in [3.63, 3.8) is 0 Å². The highest BCUT2D eigenvalue weighted by atomic mass is 32.2. The van der Waals surface area contributed by atoms with E-state index in [1.54, 1.807) is 11.8 Å². The van der Waals surface area contributed by atoms with Crippen LogP contribution in [-0.2, 0) is 6.54 Å². The van der Waals surface area contributed by atoms with E-state index in [9.17, 15) is 0 Å². The lowest BCUT2D eigenvalue weighted by Crippen LogP contribution is -2.08. The molecular weight excluding hydrogens is 266 g/mol. The molecule has 0 fully saturated rings. The van der Waals surface area contributed by atoms with Crippen molar-refractivity contribution in [1.29, 1.82) is 0 Å². The van der Waals surface area contributed by atoms with Gasteiger partial charge in [-0.3, -0.25) is 0 Å². The van der Waals surface area contributed by atoms with Gasteiger partial charge in [0.25, 0.3) is 0 Å². The standard InChI is InChI=1S/C16H21N3S/c1-5-13-7-9-14(10-8-13)11-19-15(12(3)4)17-16(18-19)20-6-2/h5,7-10,12H,1,6,11H2,2-4H3. The van der Waals surface area contributed by atoms with Gasteiger partial charge in [-0.05, 0) is 16.9 Å². The van der Waals surface area contributed by atoms with Crippen molar-refractivity contribution in [1.82, 2.24) is 14.8 Å². The third-order valence-corrected chi connectivity index (χ3v) is 3.74. The molecule has 0 amide bonds. The molecule has 2 aromatic rings. The highest BCUT2D eigenvalue weighted by Crippen LogP contribution is 2.19. The van der Waals surface area contributed by atoms with E-state index in [0.717, 1.165) is 28.8 Å². The first kappa shape index (κ1) is 14.9. The van der Waals surface area contributed by atoms with Gasteiger partial charge in [0.2, 0.25) is 5.16 Å². The maximum Gasteiger partial charge on any atom is 0.208 e. The molecule has 0 saturated carbocycles. The summed E-state index contributed by atoms with van der Waals surface area (Å²) in [6.07, 6.45) is 1.86. The zero-order valence-corrected chi connectivity index (χ0v) is 13.2. The Labute approximate surface area is 125 Å². The summed E-state index contributed by atoms with van der Waals surface area (Å²) in [5.74, 6) is 2.42. The molecule has 0 spiro atoms. The number of benzene rings is 1. The first-order chi connectivity index (χ1) is 9.63. The average Bonchev–Trinajstić information content (AvgIpc) is 2.83. The molecule has 1 aromatic carbocycles. The number of thioether (sulfide) groups is 1. The highest BCUT2D eigenvalue weighted by molar-refractivity contribution is 7.99. The van der Waals surface area contributed by atoms with Crippen molar-refractivity contribution in [2.24, 2.45) is 0 Å². The van der Waals surface area contributed by atoms with Crippen LogP contribution in [0.25, 0.3) is 6.08 Å². The molecule has 2 rings (SSSR count). The molecule has 0 aliphatic rings. The first-order valence-corrected chi connectivity index (χ1v) is 7.91. The van der Waals surface area contributed by atoms with E-state index in [0.29, 0.717) is 5.92 Å². The Bertz CT molecular complexity index is 570. The van der Waals surface area contributed by atoms with Gasteiger partial charge in [-0.15, -0.1) is 5.10 Å². The predicted octanol–water partition coefficient (Wildman–Crippen LogP) is 4.20. The number of aromatic nitrogens is 3. The molecule has 0 saturated heterocycles. The molecule has 1 aromatic heterocycles. The molecule has 0 radical (unpaired) electrons. The number of nitrogens with zero attached hydrogens (tertiary/aromatic N) is 3. The maximum absolute atomic E-state index is 4.63. The van der Waals surface area contributed by atoms with Crippen LogP contribution in [0.2, 0.25) is 0 Å². The fourth-order valence-electron chi connectivity index (χ4n) is 2.00. The molecule has 0 N–H and O–H groups in total. The lowest BCUT2D eigenvalue weighted by atomic mass is 10.1. The molecule has 1 heterocycles. The third-order valence-electron chi connectivity index (χ3n) is 3.02. The van der Waals surface area contributed by atoms with Crippen molar-refractivity contribution < 1.29 is 0 Å². The second-order valence-corrected chi connectivity index (χ2v) is 6.17. The van der Waals surface area contributed by atoms with E-state index >= 15 is 0 Å². The fraction of sp³-hybridized carbons (Fsp3) is 0.375. The lowest BCUT2D eigenvalue weighted by molar-refractivity contribution is 0.601. The van der Waals surface area contributed by atoms with Gasteiger partial charge in [0.1, 0.15) is 5.82 Å². The van der Waals surface area contributed by atoms with Gasteiger partial charge in [0.15, 0.2) is 0 Å². The van der Waals surface area contributed by atoms with Crippen LogP contribution in [0.3, 0.4) is 0 Å². The van der Waals surface area contributed by atoms with Crippen LogP contribution in [0.4, 0.5) is 0 Å². The predicted molar refractivity (Wildman–Crippen MR) is 86.1 cm³/mol. The van der Waals surface area contributed by atoms with Crippen LogP contribution in [0.1, 0.15) is 43.6 Å². The molecule has 4 heteroatoms. The molecule has 3 nitrogen and oxygen atoms in total. The molecular formula is C16H21N3S. The Balaban J connectivity index is 2.24. The van der Waals surface area contributed by atoms with E-state index < -0.39 is 0 Å². The van der Waals surface area contributed by atoms with Gasteiger partial charge < -0.3 is 0 Å². The minimum Gasteiger partial charge on any atom is -0.244 e. The molecule has 0 aliphatic heterocycles. The Hall–Kier alpha value is -1.55. The SMILES string of the molecule is C=Cc1ccc(Cn2nc(SCC)nc2C(C)C)cc1. The summed E-state index contributed by atoms with van der Waals surface area (Å²) in [5.41, 5.74) is 2.37. The van der Waals surface area contributed by atoms with Crippen LogP contribution in [0.15, 0.2) is 36.0 Å². The molecule has 0 bridgehead atoms. The van der Waals surface area contributed by atoms with Crippen LogP contribution in [0, 0.1) is 0 Å². The van der Waals surface area contributed by atoms with Gasteiger partial charge in [-0.2, -0.15) is 0 Å². The van der Waals surface area contributed by atoms with Crippen LogP contribution in [0.5, 0.6) is 0 Å². The van der Waals surface area contributed by atoms with Gasteiger partial charge in [0, 0.05) is 5.92 Å². The third kappa shape index (κ3) is 3.51. The van der Waals surface area contributed by atoms with E-state index in [-0.39, 0.29) is 0 Å². The molecule has 20 heavy (non-hydrogen) atoms. The minimum absolute atomic E-state index is 0.376. The van der Waals surface area contributed by atoms with Gasteiger partial charge in [0.05, 0.1) is 6.54 Å². The van der Waals surface area contributed by atoms with Crippen molar-refractivity contribution in [2.45, 2.75) is 38.4 Å². The van der Waals surface area contributed by atoms with E-state index in [1.807, 2.05) is 10.8 Å². The van der Waals surface area contributed by atoms with Crippen molar-refractivity contribution >= 4 is 17.8 Å². The monoisotopic (exact) mass is 287 g/mol. The Morgan fingerprint density at radius 1 is 1.30 bits per heavy atom. The van der Waals surface area contributed by atoms with Crippen LogP contribution in [-0.4, -0.2) is 20.5 Å². The topological polar surface area (TPSA) is 30.7 Å². The normalized spacial score (nSPS) is 11.0. The summed E-state index contributed by atoms with van der Waals surface area (Å²) >= 11 is 1.69. The van der Waals surface area contributed by atoms with Gasteiger partial charge in [-0.1, -0.05) is 69.5 Å². The summed E-state index contributed by atoms with van der Waals surface area (Å²) in [7, 11) is 0. The maximum atomic E-state index is 4.63. The average molecular weight is 287 g/mol. The van der Waals surface area contributed by atoms with Crippen molar-refractivity contribution in [2.75, 3.05) is 5.75 Å². The first-order valence-electron chi connectivity index (χ1n) is 6.93. The van der Waals surface area contributed by atoms with Crippen LogP contribution >= 0.6 is 11.8 Å². The summed E-state index contributed by atoms with van der Waals surface area (Å²) < 4.78 is 2.02. The highest BCUT2D eigenvalue weighted by Gasteiger charge is 2.13. The van der Waals surface area contributed by atoms with E-state index in [2.05, 4.69) is 61.7 Å². The molecule has 0 aliphatic carbocycles. The van der Waals surface area contributed by atoms with Crippen LogP contribution < -0.4 is 0 Å². The zero-order chi connectivity index (χ0) is 14.5. The van der Waals surface area contributed by atoms with Gasteiger partial charge >= 0.3 is 0 Å². The largest absolute Gasteiger partial charge is 0.244 e. The fourth-order valence-corrected chi connectivity index (χ4v) is 2.57. The summed E-state index contributed by atoms with van der Waals surface area (Å²) in [5, 5.41) is 5.48. The second kappa shape index (κ2) is 6.75. The summed E-state index contributed by atoms with van der Waals surface area (Å²) in [6.45, 7) is 11.0. The Morgan fingerprint density at radius 2 is 2.00 bits per heavy atom. The number of hydrogen-bond acceptors (Lipinski definition) is 3. The molecule has 0 atom stereocenters. The Morgan fingerprint density at radius 3 is 2.55 bits per heavy atom. The zero-order valence-electron chi connectivity index (χ0n) is 12.3. The molecule has 0 unspecified atom stereocenters. The smallest absolute Gasteiger partial charge is 0.208 e.